The number of unbranched alkanes of at least 4 members (excludes halogenated alkanes) is 1. The number of hydrogen-bond acceptors (Lipinski definition) is 4. The van der Waals surface area contributed by atoms with E-state index in [-0.39, 0.29) is 23.5 Å². The SMILES string of the molecule is COC(=O)CCC/C=C/CC1=CC(OC(C)(C)C)CC1=O. The Kier molecular flexibility index (Phi) is 6.82. The average Bonchev–Trinajstić information content (AvgIpc) is 2.71. The summed E-state index contributed by atoms with van der Waals surface area (Å²) in [5.74, 6) is -0.0114. The lowest BCUT2D eigenvalue weighted by Gasteiger charge is -2.23. The zero-order chi connectivity index (χ0) is 15.9. The first-order chi connectivity index (χ1) is 9.81. The summed E-state index contributed by atoms with van der Waals surface area (Å²) in [6.07, 6.45) is 8.94. The summed E-state index contributed by atoms with van der Waals surface area (Å²) >= 11 is 0. The van der Waals surface area contributed by atoms with Crippen LogP contribution in [0.3, 0.4) is 0 Å². The molecule has 4 heteroatoms. The number of ketones is 1. The molecule has 1 unspecified atom stereocenters. The molecule has 0 heterocycles. The van der Waals surface area contributed by atoms with Gasteiger partial charge in [0.1, 0.15) is 0 Å². The molecule has 21 heavy (non-hydrogen) atoms. The summed E-state index contributed by atoms with van der Waals surface area (Å²) in [6.45, 7) is 5.97. The monoisotopic (exact) mass is 294 g/mol. The van der Waals surface area contributed by atoms with E-state index in [2.05, 4.69) is 4.74 Å². The summed E-state index contributed by atoms with van der Waals surface area (Å²) in [5, 5.41) is 0. The minimum atomic E-state index is -0.235. The third-order valence-electron chi connectivity index (χ3n) is 3.12. The topological polar surface area (TPSA) is 52.6 Å². The molecule has 1 aliphatic carbocycles. The molecule has 0 saturated carbocycles. The quantitative estimate of drug-likeness (QED) is 0.410. The molecule has 0 aromatic rings. The van der Waals surface area contributed by atoms with Gasteiger partial charge in [0.15, 0.2) is 5.78 Å². The van der Waals surface area contributed by atoms with E-state index in [4.69, 9.17) is 4.74 Å². The maximum absolute atomic E-state index is 11.9. The molecule has 0 amide bonds. The van der Waals surface area contributed by atoms with E-state index in [1.165, 1.54) is 7.11 Å². The number of hydrogen-bond donors (Lipinski definition) is 0. The second-order valence-corrected chi connectivity index (χ2v) is 6.23. The van der Waals surface area contributed by atoms with Crippen LogP contribution in [0.4, 0.5) is 0 Å². The van der Waals surface area contributed by atoms with Gasteiger partial charge < -0.3 is 9.47 Å². The number of carbonyl (C=O) groups excluding carboxylic acids is 2. The van der Waals surface area contributed by atoms with Crippen molar-refractivity contribution < 1.29 is 19.1 Å². The van der Waals surface area contributed by atoms with Crippen LogP contribution in [0.5, 0.6) is 0 Å². The van der Waals surface area contributed by atoms with Crippen molar-refractivity contribution >= 4 is 11.8 Å². The fourth-order valence-corrected chi connectivity index (χ4v) is 2.20. The lowest BCUT2D eigenvalue weighted by atomic mass is 10.1. The molecule has 0 fully saturated rings. The van der Waals surface area contributed by atoms with Crippen LogP contribution in [0, 0.1) is 0 Å². The first-order valence-electron chi connectivity index (χ1n) is 7.45. The van der Waals surface area contributed by atoms with E-state index < -0.39 is 0 Å². The molecule has 0 spiro atoms. The first kappa shape index (κ1) is 17.6. The van der Waals surface area contributed by atoms with Crippen LogP contribution in [0.25, 0.3) is 0 Å². The molecular formula is C17H26O4. The van der Waals surface area contributed by atoms with Crippen molar-refractivity contribution in [1.82, 2.24) is 0 Å². The van der Waals surface area contributed by atoms with Crippen molar-refractivity contribution in [3.8, 4) is 0 Å². The molecule has 1 rings (SSSR count). The Labute approximate surface area is 127 Å². The predicted octanol–water partition coefficient (Wildman–Crippen LogP) is 3.36. The summed E-state index contributed by atoms with van der Waals surface area (Å²) in [5.41, 5.74) is 0.592. The Morgan fingerprint density at radius 3 is 2.71 bits per heavy atom. The Bertz CT molecular complexity index is 427. The smallest absolute Gasteiger partial charge is 0.305 e. The highest BCUT2D eigenvalue weighted by atomic mass is 16.5. The van der Waals surface area contributed by atoms with Crippen molar-refractivity contribution in [2.45, 2.75) is 64.6 Å². The molecule has 4 nitrogen and oxygen atoms in total. The second-order valence-electron chi connectivity index (χ2n) is 6.23. The maximum atomic E-state index is 11.9. The molecule has 0 saturated heterocycles. The predicted molar refractivity (Wildman–Crippen MR) is 82.0 cm³/mol. The van der Waals surface area contributed by atoms with Gasteiger partial charge in [0.05, 0.1) is 18.8 Å². The van der Waals surface area contributed by atoms with E-state index in [1.807, 2.05) is 39.0 Å². The third kappa shape index (κ3) is 7.23. The van der Waals surface area contributed by atoms with Gasteiger partial charge >= 0.3 is 5.97 Å². The number of ether oxygens (including phenoxy) is 2. The minimum absolute atomic E-state index is 0.0970. The van der Waals surface area contributed by atoms with Crippen molar-refractivity contribution in [3.05, 3.63) is 23.8 Å². The van der Waals surface area contributed by atoms with E-state index >= 15 is 0 Å². The number of methoxy groups -OCH3 is 1. The van der Waals surface area contributed by atoms with Gasteiger partial charge in [-0.3, -0.25) is 9.59 Å². The highest BCUT2D eigenvalue weighted by Gasteiger charge is 2.27. The molecule has 0 N–H and O–H groups in total. The van der Waals surface area contributed by atoms with Crippen molar-refractivity contribution in [1.29, 1.82) is 0 Å². The molecule has 0 aliphatic heterocycles. The van der Waals surface area contributed by atoms with Crippen LogP contribution >= 0.6 is 0 Å². The van der Waals surface area contributed by atoms with Crippen LogP contribution in [0.15, 0.2) is 23.8 Å². The normalized spacial score (nSPS) is 19.1. The van der Waals surface area contributed by atoms with Crippen molar-refractivity contribution in [2.24, 2.45) is 0 Å². The largest absolute Gasteiger partial charge is 0.469 e. The lowest BCUT2D eigenvalue weighted by molar-refractivity contribution is -0.140. The van der Waals surface area contributed by atoms with Gasteiger partial charge in [0.2, 0.25) is 0 Å². The van der Waals surface area contributed by atoms with Crippen LogP contribution in [0.2, 0.25) is 0 Å². The van der Waals surface area contributed by atoms with Gasteiger partial charge in [-0.2, -0.15) is 0 Å². The molecular weight excluding hydrogens is 268 g/mol. The zero-order valence-electron chi connectivity index (χ0n) is 13.5. The first-order valence-corrected chi connectivity index (χ1v) is 7.45. The van der Waals surface area contributed by atoms with Gasteiger partial charge in [-0.15, -0.1) is 0 Å². The summed E-state index contributed by atoms with van der Waals surface area (Å²) in [4.78, 5) is 22.8. The fourth-order valence-electron chi connectivity index (χ4n) is 2.20. The number of rotatable bonds is 7. The second kappa shape index (κ2) is 8.13. The molecule has 0 aromatic heterocycles. The zero-order valence-corrected chi connectivity index (χ0v) is 13.5. The molecule has 0 aromatic carbocycles. The Balaban J connectivity index is 2.32. The Morgan fingerprint density at radius 2 is 2.10 bits per heavy atom. The van der Waals surface area contributed by atoms with Gasteiger partial charge in [-0.25, -0.2) is 0 Å². The maximum Gasteiger partial charge on any atom is 0.305 e. The van der Waals surface area contributed by atoms with E-state index in [9.17, 15) is 9.59 Å². The summed E-state index contributed by atoms with van der Waals surface area (Å²) in [7, 11) is 1.40. The van der Waals surface area contributed by atoms with Crippen molar-refractivity contribution in [2.75, 3.05) is 7.11 Å². The van der Waals surface area contributed by atoms with Gasteiger partial charge in [-0.05, 0) is 51.7 Å². The van der Waals surface area contributed by atoms with E-state index in [0.29, 0.717) is 19.3 Å². The van der Waals surface area contributed by atoms with Crippen molar-refractivity contribution in [3.63, 3.8) is 0 Å². The summed E-state index contributed by atoms with van der Waals surface area (Å²) in [6, 6.07) is 0. The number of esters is 1. The average molecular weight is 294 g/mol. The summed E-state index contributed by atoms with van der Waals surface area (Å²) < 4.78 is 10.4. The molecule has 0 bridgehead atoms. The third-order valence-corrected chi connectivity index (χ3v) is 3.12. The molecule has 1 aliphatic rings. The van der Waals surface area contributed by atoms with Gasteiger partial charge in [0, 0.05) is 12.8 Å². The number of Topliss-reactive ketones (excluding diaryl/α,β-unsaturated/α-hetero) is 1. The molecule has 1 atom stereocenters. The highest BCUT2D eigenvalue weighted by molar-refractivity contribution is 5.98. The molecule has 118 valence electrons. The Hall–Kier alpha value is -1.42. The standard InChI is InChI=1S/C17H26O4/c1-17(2,3)21-14-11-13(15(18)12-14)9-7-5-6-8-10-16(19)20-4/h5,7,11,14H,6,8-10,12H2,1-4H3/b7-5+. The lowest BCUT2D eigenvalue weighted by Crippen LogP contribution is -2.25. The fraction of sp³-hybridized carbons (Fsp3) is 0.647. The van der Waals surface area contributed by atoms with Crippen LogP contribution < -0.4 is 0 Å². The van der Waals surface area contributed by atoms with E-state index in [0.717, 1.165) is 18.4 Å². The van der Waals surface area contributed by atoms with Crippen LogP contribution in [-0.4, -0.2) is 30.6 Å². The number of allylic oxidation sites excluding steroid dienone is 3. The minimum Gasteiger partial charge on any atom is -0.469 e. The van der Waals surface area contributed by atoms with Gasteiger partial charge in [0.25, 0.3) is 0 Å². The molecule has 0 radical (unpaired) electrons. The Morgan fingerprint density at radius 1 is 1.38 bits per heavy atom. The van der Waals surface area contributed by atoms with Crippen LogP contribution in [-0.2, 0) is 19.1 Å². The van der Waals surface area contributed by atoms with Crippen LogP contribution in [0.1, 0.15) is 52.9 Å². The highest BCUT2D eigenvalue weighted by Crippen LogP contribution is 2.24. The van der Waals surface area contributed by atoms with Gasteiger partial charge in [-0.1, -0.05) is 12.2 Å². The number of carbonyl (C=O) groups is 2. The van der Waals surface area contributed by atoms with E-state index in [1.54, 1.807) is 0 Å².